The highest BCUT2D eigenvalue weighted by molar-refractivity contribution is 6.02. The molecule has 192 valence electrons. The fraction of sp³-hybridized carbons (Fsp3) is 0.250. The second-order valence-corrected chi connectivity index (χ2v) is 10.4. The number of carbonyl (C=O) groups excluding carboxylic acids is 1. The highest BCUT2D eigenvalue weighted by atomic mass is 16.3. The maximum atomic E-state index is 12.3. The number of fused-ring (bicyclic) bond motifs is 2. The Balaban J connectivity index is 1.47. The Hall–Kier alpha value is -4.16. The van der Waals surface area contributed by atoms with Crippen molar-refractivity contribution in [2.45, 2.75) is 51.7 Å². The lowest BCUT2D eigenvalue weighted by Crippen LogP contribution is -2.29. The zero-order valence-electron chi connectivity index (χ0n) is 21.7. The number of hydrogen-bond donors (Lipinski definition) is 3. The van der Waals surface area contributed by atoms with Crippen molar-refractivity contribution in [2.24, 2.45) is 5.73 Å². The van der Waals surface area contributed by atoms with Crippen molar-refractivity contribution in [3.8, 4) is 16.8 Å². The molecule has 0 aliphatic heterocycles. The number of nitrogens with one attached hydrogen (secondary N) is 1. The summed E-state index contributed by atoms with van der Waals surface area (Å²) in [6, 6.07) is 22.8. The number of aliphatic hydroxyl groups excluding tert-OH is 1. The number of benzene rings is 3. The Morgan fingerprint density at radius 2 is 1.79 bits per heavy atom. The molecule has 4 N–H and O–H groups in total. The van der Waals surface area contributed by atoms with E-state index in [4.69, 9.17) is 10.7 Å². The van der Waals surface area contributed by atoms with Gasteiger partial charge < -0.3 is 20.7 Å². The van der Waals surface area contributed by atoms with Crippen molar-refractivity contribution in [3.05, 3.63) is 89.7 Å². The number of aliphatic hydroxyl groups is 1. The largest absolute Gasteiger partial charge is 0.393 e. The monoisotopic (exact) mass is 504 g/mol. The van der Waals surface area contributed by atoms with Crippen molar-refractivity contribution in [2.75, 3.05) is 5.32 Å². The smallest absolute Gasteiger partial charge is 0.250 e. The number of pyridine rings is 1. The number of primary amides is 1. The number of rotatable bonds is 5. The summed E-state index contributed by atoms with van der Waals surface area (Å²) in [7, 11) is 0. The van der Waals surface area contributed by atoms with Crippen LogP contribution in [-0.4, -0.2) is 32.7 Å². The summed E-state index contributed by atoms with van der Waals surface area (Å²) in [5.74, 6) is -0.453. The van der Waals surface area contributed by atoms with E-state index in [-0.39, 0.29) is 12.1 Å². The lowest BCUT2D eigenvalue weighted by Gasteiger charge is -2.28. The summed E-state index contributed by atoms with van der Waals surface area (Å²) in [6.07, 6.45) is 4.95. The fourth-order valence-corrected chi connectivity index (χ4v) is 5.89. The van der Waals surface area contributed by atoms with Gasteiger partial charge in [-0.1, -0.05) is 30.3 Å². The van der Waals surface area contributed by atoms with Crippen LogP contribution in [0.5, 0.6) is 0 Å². The minimum atomic E-state index is -0.453. The molecular weight excluding hydrogens is 472 g/mol. The van der Waals surface area contributed by atoms with Gasteiger partial charge in [-0.05, 0) is 87.1 Å². The first-order chi connectivity index (χ1) is 18.4. The third-order valence-electron chi connectivity index (χ3n) is 8.02. The molecule has 2 aromatic heterocycles. The van der Waals surface area contributed by atoms with E-state index < -0.39 is 5.91 Å². The molecule has 3 aromatic carbocycles. The SMILES string of the molecule is Cc1c(C)n(-c2ccc(C(N)=O)c(N[C@H]3CC[C@H](O)CC3)c2)c2cccc(-c3cnc4ccccc4c3)c12. The maximum Gasteiger partial charge on any atom is 0.250 e. The number of carbonyl (C=O) groups is 1. The zero-order chi connectivity index (χ0) is 26.4. The van der Waals surface area contributed by atoms with Crippen molar-refractivity contribution in [3.63, 3.8) is 0 Å². The zero-order valence-corrected chi connectivity index (χ0v) is 21.7. The first kappa shape index (κ1) is 24.2. The van der Waals surface area contributed by atoms with Gasteiger partial charge in [0.25, 0.3) is 5.91 Å². The van der Waals surface area contributed by atoms with Crippen molar-refractivity contribution in [1.29, 1.82) is 0 Å². The van der Waals surface area contributed by atoms with Crippen molar-refractivity contribution >= 4 is 33.4 Å². The second-order valence-electron chi connectivity index (χ2n) is 10.4. The predicted octanol–water partition coefficient (Wildman–Crippen LogP) is 6.28. The van der Waals surface area contributed by atoms with E-state index in [0.29, 0.717) is 5.56 Å². The van der Waals surface area contributed by atoms with E-state index in [0.717, 1.165) is 70.3 Å². The summed E-state index contributed by atoms with van der Waals surface area (Å²) < 4.78 is 2.25. The molecule has 5 aromatic rings. The average Bonchev–Trinajstić information content (AvgIpc) is 3.19. The van der Waals surface area contributed by atoms with Crippen LogP contribution in [0.25, 0.3) is 38.6 Å². The molecule has 1 amide bonds. The first-order valence-electron chi connectivity index (χ1n) is 13.3. The van der Waals surface area contributed by atoms with Gasteiger partial charge in [0.15, 0.2) is 0 Å². The molecule has 0 atom stereocenters. The molecule has 6 heteroatoms. The minimum Gasteiger partial charge on any atom is -0.393 e. The standard InChI is InChI=1S/C32H32N4O2/c1-19-20(2)36(24-12-15-27(32(33)38)29(17-24)35-23-10-13-25(37)14-11-23)30-9-5-7-26(31(19)30)22-16-21-6-3-4-8-28(21)34-18-22/h3-9,12,15-18,23,25,35,37H,10-11,13-14H2,1-2H3,(H2,33,38)/t23-,25-. The van der Waals surface area contributed by atoms with Crippen LogP contribution in [0, 0.1) is 13.8 Å². The van der Waals surface area contributed by atoms with Gasteiger partial charge in [-0.2, -0.15) is 0 Å². The molecule has 0 spiro atoms. The Morgan fingerprint density at radius 3 is 2.58 bits per heavy atom. The van der Waals surface area contributed by atoms with Crippen molar-refractivity contribution < 1.29 is 9.90 Å². The van der Waals surface area contributed by atoms with Gasteiger partial charge in [-0.25, -0.2) is 0 Å². The Kier molecular flexibility index (Phi) is 6.12. The number of hydrogen-bond acceptors (Lipinski definition) is 4. The van der Waals surface area contributed by atoms with E-state index in [1.807, 2.05) is 42.6 Å². The summed E-state index contributed by atoms with van der Waals surface area (Å²) >= 11 is 0. The molecule has 1 aliphatic rings. The molecular formula is C32H32N4O2. The van der Waals surface area contributed by atoms with Crippen LogP contribution in [0.4, 0.5) is 5.69 Å². The third-order valence-corrected chi connectivity index (χ3v) is 8.02. The van der Waals surface area contributed by atoms with Gasteiger partial charge in [0.2, 0.25) is 0 Å². The Bertz CT molecular complexity index is 1680. The lowest BCUT2D eigenvalue weighted by atomic mass is 9.92. The second kappa shape index (κ2) is 9.62. The van der Waals surface area contributed by atoms with E-state index in [1.165, 1.54) is 10.9 Å². The number of aryl methyl sites for hydroxylation is 1. The molecule has 6 nitrogen and oxygen atoms in total. The Morgan fingerprint density at radius 1 is 1.00 bits per heavy atom. The van der Waals surface area contributed by atoms with Gasteiger partial charge >= 0.3 is 0 Å². The number of aromatic nitrogens is 2. The van der Waals surface area contributed by atoms with Gasteiger partial charge in [0.05, 0.1) is 22.7 Å². The fourth-order valence-electron chi connectivity index (χ4n) is 5.89. The van der Waals surface area contributed by atoms with Crippen LogP contribution in [0.15, 0.2) is 72.9 Å². The molecule has 0 bridgehead atoms. The quantitative estimate of drug-likeness (QED) is 0.263. The molecule has 2 heterocycles. The lowest BCUT2D eigenvalue weighted by molar-refractivity contribution is 0.100. The molecule has 1 saturated carbocycles. The molecule has 0 radical (unpaired) electrons. The van der Waals surface area contributed by atoms with E-state index in [9.17, 15) is 9.90 Å². The number of anilines is 1. The van der Waals surface area contributed by atoms with E-state index in [1.54, 1.807) is 0 Å². The van der Waals surface area contributed by atoms with Gasteiger partial charge in [-0.15, -0.1) is 0 Å². The minimum absolute atomic E-state index is 0.197. The van der Waals surface area contributed by atoms with Crippen LogP contribution in [0.3, 0.4) is 0 Å². The Labute approximate surface area is 222 Å². The number of amides is 1. The van der Waals surface area contributed by atoms with Gasteiger partial charge in [-0.3, -0.25) is 9.78 Å². The summed E-state index contributed by atoms with van der Waals surface area (Å²) in [4.78, 5) is 17.0. The topological polar surface area (TPSA) is 93.2 Å². The van der Waals surface area contributed by atoms with Crippen LogP contribution in [0.2, 0.25) is 0 Å². The van der Waals surface area contributed by atoms with Crippen LogP contribution in [0.1, 0.15) is 47.3 Å². The third kappa shape index (κ3) is 4.21. The maximum absolute atomic E-state index is 12.3. The van der Waals surface area contributed by atoms with Crippen LogP contribution < -0.4 is 11.1 Å². The summed E-state index contributed by atoms with van der Waals surface area (Å²) in [5.41, 5.74) is 14.6. The number of para-hydroxylation sites is 1. The molecule has 38 heavy (non-hydrogen) atoms. The number of nitrogens with zero attached hydrogens (tertiary/aromatic N) is 2. The normalized spacial score (nSPS) is 17.7. The van der Waals surface area contributed by atoms with Crippen LogP contribution >= 0.6 is 0 Å². The van der Waals surface area contributed by atoms with Gasteiger partial charge in [0.1, 0.15) is 0 Å². The molecule has 0 unspecified atom stereocenters. The molecule has 1 fully saturated rings. The number of nitrogens with two attached hydrogens (primary N) is 1. The average molecular weight is 505 g/mol. The highest BCUT2D eigenvalue weighted by Crippen LogP contribution is 2.37. The summed E-state index contributed by atoms with van der Waals surface area (Å²) in [5, 5.41) is 15.8. The van der Waals surface area contributed by atoms with Gasteiger partial charge in [0, 0.05) is 45.6 Å². The van der Waals surface area contributed by atoms with Crippen LogP contribution in [-0.2, 0) is 0 Å². The molecule has 1 aliphatic carbocycles. The summed E-state index contributed by atoms with van der Waals surface area (Å²) in [6.45, 7) is 4.30. The molecule has 0 saturated heterocycles. The van der Waals surface area contributed by atoms with E-state index in [2.05, 4.69) is 54.1 Å². The van der Waals surface area contributed by atoms with E-state index >= 15 is 0 Å². The van der Waals surface area contributed by atoms with Crippen molar-refractivity contribution in [1.82, 2.24) is 9.55 Å². The highest BCUT2D eigenvalue weighted by Gasteiger charge is 2.22. The molecule has 6 rings (SSSR count). The predicted molar refractivity (Wildman–Crippen MR) is 154 cm³/mol. The first-order valence-corrected chi connectivity index (χ1v) is 13.3.